The van der Waals surface area contributed by atoms with Crippen LogP contribution in [0.2, 0.25) is 5.02 Å². The predicted octanol–water partition coefficient (Wildman–Crippen LogP) is 3.50. The summed E-state index contributed by atoms with van der Waals surface area (Å²) in [5.41, 5.74) is -0.499. The van der Waals surface area contributed by atoms with Crippen LogP contribution in [0.5, 0.6) is 5.75 Å². The SMILES string of the molecule is N#CSCC(Cl)Oc1ccc(Cl)cc1. The van der Waals surface area contributed by atoms with E-state index in [4.69, 9.17) is 33.2 Å². The number of rotatable bonds is 4. The second-order valence-corrected chi connectivity index (χ2v) is 4.11. The lowest BCUT2D eigenvalue weighted by Gasteiger charge is -2.10. The molecular formula is C9H7Cl2NOS. The Morgan fingerprint density at radius 3 is 2.64 bits per heavy atom. The highest BCUT2D eigenvalue weighted by molar-refractivity contribution is 8.03. The minimum atomic E-state index is -0.499. The van der Waals surface area contributed by atoms with Crippen LogP contribution in [0.25, 0.3) is 0 Å². The maximum atomic E-state index is 8.30. The topological polar surface area (TPSA) is 33.0 Å². The molecule has 1 atom stereocenters. The van der Waals surface area contributed by atoms with Gasteiger partial charge in [-0.15, -0.1) is 0 Å². The number of ether oxygens (including phenoxy) is 1. The molecular weight excluding hydrogens is 241 g/mol. The van der Waals surface area contributed by atoms with Gasteiger partial charge < -0.3 is 4.74 Å². The van der Waals surface area contributed by atoms with Gasteiger partial charge in [0.1, 0.15) is 11.2 Å². The van der Waals surface area contributed by atoms with Gasteiger partial charge in [0.05, 0.1) is 5.75 Å². The lowest BCUT2D eigenvalue weighted by atomic mass is 10.3. The van der Waals surface area contributed by atoms with Gasteiger partial charge in [-0.3, -0.25) is 0 Å². The quantitative estimate of drug-likeness (QED) is 0.604. The second-order valence-electron chi connectivity index (χ2n) is 2.38. The monoisotopic (exact) mass is 247 g/mol. The molecule has 1 rings (SSSR count). The van der Waals surface area contributed by atoms with Gasteiger partial charge in [-0.05, 0) is 36.0 Å². The summed E-state index contributed by atoms with van der Waals surface area (Å²) in [6, 6.07) is 6.90. The van der Waals surface area contributed by atoms with Crippen LogP contribution in [0.15, 0.2) is 24.3 Å². The number of hydrogen-bond donors (Lipinski definition) is 0. The summed E-state index contributed by atoms with van der Waals surface area (Å²) in [7, 11) is 0. The molecule has 0 bridgehead atoms. The second kappa shape index (κ2) is 6.02. The van der Waals surface area contributed by atoms with Gasteiger partial charge in [-0.1, -0.05) is 23.2 Å². The Hall–Kier alpha value is -0.560. The summed E-state index contributed by atoms with van der Waals surface area (Å²) in [6.07, 6.45) is 0. The van der Waals surface area contributed by atoms with Crippen molar-refractivity contribution in [3.8, 4) is 11.2 Å². The van der Waals surface area contributed by atoms with E-state index in [0.29, 0.717) is 16.5 Å². The number of alkyl halides is 1. The van der Waals surface area contributed by atoms with Crippen LogP contribution < -0.4 is 4.74 Å². The summed E-state index contributed by atoms with van der Waals surface area (Å²) in [5, 5.41) is 10.9. The zero-order valence-electron chi connectivity index (χ0n) is 7.11. The third-order valence-corrected chi connectivity index (χ3v) is 2.63. The number of thiocyanates is 1. The third kappa shape index (κ3) is 4.10. The smallest absolute Gasteiger partial charge is 0.182 e. The molecule has 0 aromatic heterocycles. The van der Waals surface area contributed by atoms with Crippen LogP contribution in [0, 0.1) is 10.7 Å². The van der Waals surface area contributed by atoms with Crippen molar-refractivity contribution in [1.29, 1.82) is 5.26 Å². The predicted molar refractivity (Wildman–Crippen MR) is 59.8 cm³/mol. The number of nitriles is 1. The number of benzene rings is 1. The van der Waals surface area contributed by atoms with E-state index >= 15 is 0 Å². The highest BCUT2D eigenvalue weighted by Crippen LogP contribution is 2.19. The van der Waals surface area contributed by atoms with Gasteiger partial charge in [0.25, 0.3) is 0 Å². The fourth-order valence-corrected chi connectivity index (χ4v) is 1.49. The molecule has 0 radical (unpaired) electrons. The average Bonchev–Trinajstić information content (AvgIpc) is 2.18. The summed E-state index contributed by atoms with van der Waals surface area (Å²) >= 11 is 12.6. The molecule has 0 N–H and O–H groups in total. The fraction of sp³-hybridized carbons (Fsp3) is 0.222. The van der Waals surface area contributed by atoms with Crippen LogP contribution >= 0.6 is 35.0 Å². The Kier molecular flexibility index (Phi) is 4.95. The molecule has 0 heterocycles. The molecule has 0 aliphatic rings. The van der Waals surface area contributed by atoms with Crippen molar-refractivity contribution in [1.82, 2.24) is 0 Å². The minimum Gasteiger partial charge on any atom is -0.474 e. The van der Waals surface area contributed by atoms with Gasteiger partial charge in [0.15, 0.2) is 5.56 Å². The van der Waals surface area contributed by atoms with E-state index in [2.05, 4.69) is 0 Å². The van der Waals surface area contributed by atoms with Crippen LogP contribution in [0.1, 0.15) is 0 Å². The number of thioether (sulfide) groups is 1. The van der Waals surface area contributed by atoms with E-state index in [0.717, 1.165) is 11.8 Å². The Labute approximate surface area is 96.8 Å². The van der Waals surface area contributed by atoms with Crippen molar-refractivity contribution in [2.24, 2.45) is 0 Å². The zero-order chi connectivity index (χ0) is 10.4. The Morgan fingerprint density at radius 2 is 2.07 bits per heavy atom. The molecule has 2 nitrogen and oxygen atoms in total. The average molecular weight is 248 g/mol. The maximum absolute atomic E-state index is 8.30. The van der Waals surface area contributed by atoms with E-state index in [1.54, 1.807) is 24.3 Å². The Bertz CT molecular complexity index is 323. The Morgan fingerprint density at radius 1 is 1.43 bits per heavy atom. The van der Waals surface area contributed by atoms with Crippen molar-refractivity contribution in [3.05, 3.63) is 29.3 Å². The molecule has 0 aliphatic carbocycles. The highest BCUT2D eigenvalue weighted by Gasteiger charge is 2.05. The summed E-state index contributed by atoms with van der Waals surface area (Å²) in [4.78, 5) is 0. The lowest BCUT2D eigenvalue weighted by Crippen LogP contribution is -2.10. The third-order valence-electron chi connectivity index (χ3n) is 1.36. The molecule has 14 heavy (non-hydrogen) atoms. The highest BCUT2D eigenvalue weighted by atomic mass is 35.5. The molecule has 0 amide bonds. The van der Waals surface area contributed by atoms with E-state index in [-0.39, 0.29) is 0 Å². The van der Waals surface area contributed by atoms with Crippen LogP contribution in [-0.2, 0) is 0 Å². The van der Waals surface area contributed by atoms with Crippen LogP contribution in [0.3, 0.4) is 0 Å². The molecule has 0 fully saturated rings. The normalized spacial score (nSPS) is 11.8. The molecule has 0 aliphatic heterocycles. The summed E-state index contributed by atoms with van der Waals surface area (Å²) < 4.78 is 5.31. The molecule has 0 spiro atoms. The van der Waals surface area contributed by atoms with Crippen molar-refractivity contribution in [2.45, 2.75) is 5.56 Å². The number of halogens is 2. The fourth-order valence-electron chi connectivity index (χ4n) is 0.798. The van der Waals surface area contributed by atoms with E-state index < -0.39 is 5.56 Å². The van der Waals surface area contributed by atoms with Gasteiger partial charge in [0, 0.05) is 5.02 Å². The molecule has 5 heteroatoms. The first-order valence-electron chi connectivity index (χ1n) is 3.79. The Balaban J connectivity index is 2.44. The van der Waals surface area contributed by atoms with E-state index in [1.807, 2.05) is 5.40 Å². The molecule has 1 aromatic rings. The van der Waals surface area contributed by atoms with E-state index in [9.17, 15) is 0 Å². The first kappa shape index (κ1) is 11.5. The number of hydrogen-bond acceptors (Lipinski definition) is 3. The van der Waals surface area contributed by atoms with Gasteiger partial charge in [0.2, 0.25) is 0 Å². The van der Waals surface area contributed by atoms with Crippen LogP contribution in [0.4, 0.5) is 0 Å². The zero-order valence-corrected chi connectivity index (χ0v) is 9.44. The molecule has 1 aromatic carbocycles. The molecule has 0 saturated heterocycles. The van der Waals surface area contributed by atoms with Crippen molar-refractivity contribution in [2.75, 3.05) is 5.75 Å². The summed E-state index contributed by atoms with van der Waals surface area (Å²) in [6.45, 7) is 0. The van der Waals surface area contributed by atoms with Gasteiger partial charge >= 0.3 is 0 Å². The van der Waals surface area contributed by atoms with Gasteiger partial charge in [-0.2, -0.15) is 5.26 Å². The number of nitrogens with zero attached hydrogens (tertiary/aromatic N) is 1. The van der Waals surface area contributed by atoms with Gasteiger partial charge in [-0.25, -0.2) is 0 Å². The lowest BCUT2D eigenvalue weighted by molar-refractivity contribution is 0.305. The molecule has 74 valence electrons. The van der Waals surface area contributed by atoms with Crippen molar-refractivity contribution >= 4 is 35.0 Å². The van der Waals surface area contributed by atoms with Crippen molar-refractivity contribution < 1.29 is 4.74 Å². The largest absolute Gasteiger partial charge is 0.474 e. The molecule has 0 saturated carbocycles. The first-order chi connectivity index (χ1) is 6.72. The van der Waals surface area contributed by atoms with E-state index in [1.165, 1.54) is 0 Å². The van der Waals surface area contributed by atoms with Crippen molar-refractivity contribution in [3.63, 3.8) is 0 Å². The minimum absolute atomic E-state index is 0.431. The summed E-state index contributed by atoms with van der Waals surface area (Å²) in [5.74, 6) is 1.08. The standard InChI is InChI=1S/C9H7Cl2NOS/c10-7-1-3-8(4-2-7)13-9(11)5-14-6-12/h1-4,9H,5H2. The molecule has 1 unspecified atom stereocenters. The van der Waals surface area contributed by atoms with Crippen LogP contribution in [-0.4, -0.2) is 11.3 Å². The maximum Gasteiger partial charge on any atom is 0.182 e. The first-order valence-corrected chi connectivity index (χ1v) is 5.59.